The van der Waals surface area contributed by atoms with E-state index in [1.165, 1.54) is 10.6 Å². The lowest BCUT2D eigenvalue weighted by Crippen LogP contribution is -2.18. The number of imidazole rings is 1. The van der Waals surface area contributed by atoms with Gasteiger partial charge in [-0.25, -0.2) is 22.2 Å². The van der Waals surface area contributed by atoms with Gasteiger partial charge in [-0.15, -0.1) is 11.6 Å². The van der Waals surface area contributed by atoms with Crippen molar-refractivity contribution < 1.29 is 17.2 Å². The van der Waals surface area contributed by atoms with Crippen LogP contribution in [0.25, 0.3) is 11.0 Å². The van der Waals surface area contributed by atoms with E-state index in [0.717, 1.165) is 12.3 Å². The summed E-state index contributed by atoms with van der Waals surface area (Å²) in [6, 6.07) is 1.72. The third-order valence-electron chi connectivity index (χ3n) is 2.92. The Bertz CT molecular complexity index is 758. The molecule has 0 bridgehead atoms. The number of hydrogen-bond acceptors (Lipinski definition) is 3. The van der Waals surface area contributed by atoms with Crippen molar-refractivity contribution in [3.63, 3.8) is 0 Å². The molecule has 0 aliphatic rings. The molecule has 0 saturated carbocycles. The summed E-state index contributed by atoms with van der Waals surface area (Å²) in [5, 5.41) is 0. The number of benzene rings is 1. The van der Waals surface area contributed by atoms with Gasteiger partial charge in [0.2, 0.25) is 0 Å². The summed E-state index contributed by atoms with van der Waals surface area (Å²) >= 11 is 5.76. The fraction of sp³-hybridized carbons (Fsp3) is 0.417. The fourth-order valence-corrected chi connectivity index (χ4v) is 3.47. The minimum atomic E-state index is -3.27. The summed E-state index contributed by atoms with van der Waals surface area (Å²) in [6.07, 6.45) is 1.08. The Balaban J connectivity index is 2.69. The van der Waals surface area contributed by atoms with Crippen molar-refractivity contribution in [2.45, 2.75) is 18.8 Å². The second-order valence-corrected chi connectivity index (χ2v) is 7.15. The Morgan fingerprint density at radius 3 is 2.60 bits per heavy atom. The van der Waals surface area contributed by atoms with E-state index in [4.69, 9.17) is 11.6 Å². The zero-order chi connectivity index (χ0) is 15.1. The molecule has 20 heavy (non-hydrogen) atoms. The molecule has 110 valence electrons. The second-order valence-electron chi connectivity index (χ2n) is 4.70. The first-order chi connectivity index (χ1) is 9.24. The van der Waals surface area contributed by atoms with E-state index in [0.29, 0.717) is 5.82 Å². The van der Waals surface area contributed by atoms with Crippen LogP contribution in [0, 0.1) is 11.6 Å². The van der Waals surface area contributed by atoms with Crippen LogP contribution in [-0.2, 0) is 15.7 Å². The van der Waals surface area contributed by atoms with Crippen molar-refractivity contribution in [2.75, 3.05) is 12.0 Å². The van der Waals surface area contributed by atoms with Crippen LogP contribution < -0.4 is 0 Å². The molecule has 1 heterocycles. The molecule has 4 nitrogen and oxygen atoms in total. The molecule has 2 aromatic rings. The molecule has 2 rings (SSSR count). The van der Waals surface area contributed by atoms with Crippen molar-refractivity contribution in [2.24, 2.45) is 0 Å². The number of hydrogen-bond donors (Lipinski definition) is 0. The standard InChI is InChI=1S/C12H13ClF2N2O2S/c1-7(6-20(2,18)19)17-10(5-13)16-9-4-3-8(14)11(15)12(9)17/h3-4,7H,5-6H2,1-2H3. The lowest BCUT2D eigenvalue weighted by atomic mass is 10.2. The summed E-state index contributed by atoms with van der Waals surface area (Å²) in [4.78, 5) is 4.11. The monoisotopic (exact) mass is 322 g/mol. The maximum atomic E-state index is 14.0. The zero-order valence-corrected chi connectivity index (χ0v) is 12.5. The van der Waals surface area contributed by atoms with E-state index < -0.39 is 27.5 Å². The lowest BCUT2D eigenvalue weighted by Gasteiger charge is -2.16. The number of fused-ring (bicyclic) bond motifs is 1. The molecule has 0 amide bonds. The molecule has 0 saturated heterocycles. The molecule has 0 radical (unpaired) electrons. The van der Waals surface area contributed by atoms with Crippen molar-refractivity contribution in [1.29, 1.82) is 0 Å². The molecule has 0 aliphatic carbocycles. The fourth-order valence-electron chi connectivity index (χ4n) is 2.25. The first-order valence-corrected chi connectivity index (χ1v) is 8.42. The quantitative estimate of drug-likeness (QED) is 0.813. The van der Waals surface area contributed by atoms with E-state index in [1.807, 2.05) is 0 Å². The number of sulfone groups is 1. The predicted octanol–water partition coefficient (Wildman–Crippen LogP) is 2.66. The topological polar surface area (TPSA) is 52.0 Å². The third-order valence-corrected chi connectivity index (χ3v) is 4.25. The van der Waals surface area contributed by atoms with E-state index in [2.05, 4.69) is 4.98 Å². The largest absolute Gasteiger partial charge is 0.321 e. The van der Waals surface area contributed by atoms with Crippen molar-refractivity contribution >= 4 is 32.5 Å². The normalized spacial score (nSPS) is 13.8. The smallest absolute Gasteiger partial charge is 0.184 e. The van der Waals surface area contributed by atoms with Crippen LogP contribution in [0.1, 0.15) is 18.8 Å². The predicted molar refractivity (Wildman–Crippen MR) is 73.6 cm³/mol. The maximum absolute atomic E-state index is 14.0. The van der Waals surface area contributed by atoms with Crippen LogP contribution >= 0.6 is 11.6 Å². The lowest BCUT2D eigenvalue weighted by molar-refractivity contribution is 0.503. The minimum absolute atomic E-state index is 0.0240. The molecule has 0 fully saturated rings. The number of rotatable bonds is 4. The van der Waals surface area contributed by atoms with Crippen LogP contribution in [0.3, 0.4) is 0 Å². The molecule has 0 aliphatic heterocycles. The first kappa shape index (κ1) is 15.2. The highest BCUT2D eigenvalue weighted by Crippen LogP contribution is 2.26. The Hall–Kier alpha value is -1.21. The van der Waals surface area contributed by atoms with E-state index >= 15 is 0 Å². The summed E-state index contributed by atoms with van der Waals surface area (Å²) in [5.41, 5.74) is 0.191. The molecular weight excluding hydrogens is 310 g/mol. The minimum Gasteiger partial charge on any atom is -0.321 e. The summed E-state index contributed by atoms with van der Waals surface area (Å²) in [7, 11) is -3.27. The highest BCUT2D eigenvalue weighted by molar-refractivity contribution is 7.90. The Morgan fingerprint density at radius 1 is 1.40 bits per heavy atom. The van der Waals surface area contributed by atoms with Crippen LogP contribution in [0.4, 0.5) is 8.78 Å². The van der Waals surface area contributed by atoms with Gasteiger partial charge in [-0.1, -0.05) is 0 Å². The highest BCUT2D eigenvalue weighted by Gasteiger charge is 2.22. The number of halogens is 3. The van der Waals surface area contributed by atoms with E-state index in [9.17, 15) is 17.2 Å². The first-order valence-electron chi connectivity index (χ1n) is 5.83. The maximum Gasteiger partial charge on any atom is 0.184 e. The molecule has 0 N–H and O–H groups in total. The molecule has 8 heteroatoms. The van der Waals surface area contributed by atoms with E-state index in [-0.39, 0.29) is 22.7 Å². The molecule has 1 unspecified atom stereocenters. The molecule has 0 spiro atoms. The Morgan fingerprint density at radius 2 is 2.05 bits per heavy atom. The van der Waals surface area contributed by atoms with Gasteiger partial charge in [0.15, 0.2) is 11.6 Å². The van der Waals surface area contributed by atoms with Crippen molar-refractivity contribution in [3.05, 3.63) is 29.6 Å². The number of aromatic nitrogens is 2. The van der Waals surface area contributed by atoms with Gasteiger partial charge in [0.05, 0.1) is 17.1 Å². The molecule has 1 aromatic carbocycles. The molecular formula is C12H13ClF2N2O2S. The average molecular weight is 323 g/mol. The Labute approximate surface area is 120 Å². The van der Waals surface area contributed by atoms with Gasteiger partial charge in [0.1, 0.15) is 21.2 Å². The van der Waals surface area contributed by atoms with Gasteiger partial charge in [-0.2, -0.15) is 0 Å². The van der Waals surface area contributed by atoms with Crippen LogP contribution in [0.5, 0.6) is 0 Å². The van der Waals surface area contributed by atoms with Gasteiger partial charge < -0.3 is 4.57 Å². The molecule has 1 atom stereocenters. The zero-order valence-electron chi connectivity index (χ0n) is 10.9. The second kappa shape index (κ2) is 5.29. The van der Waals surface area contributed by atoms with Gasteiger partial charge in [0.25, 0.3) is 0 Å². The van der Waals surface area contributed by atoms with Crippen molar-refractivity contribution in [3.8, 4) is 0 Å². The average Bonchev–Trinajstić information content (AvgIpc) is 2.71. The van der Waals surface area contributed by atoms with Gasteiger partial charge in [-0.3, -0.25) is 0 Å². The van der Waals surface area contributed by atoms with Crippen LogP contribution in [0.15, 0.2) is 12.1 Å². The van der Waals surface area contributed by atoms with Crippen LogP contribution in [0.2, 0.25) is 0 Å². The Kier molecular flexibility index (Phi) is 4.02. The summed E-state index contributed by atoms with van der Waals surface area (Å²) < 4.78 is 51.5. The third kappa shape index (κ3) is 2.78. The SMILES string of the molecule is CC(CS(C)(=O)=O)n1c(CCl)nc2ccc(F)c(F)c21. The summed E-state index contributed by atoms with van der Waals surface area (Å²) in [5.74, 6) is -1.98. The number of nitrogens with zero attached hydrogens (tertiary/aromatic N) is 2. The highest BCUT2D eigenvalue weighted by atomic mass is 35.5. The van der Waals surface area contributed by atoms with Crippen molar-refractivity contribution in [1.82, 2.24) is 9.55 Å². The number of alkyl halides is 1. The van der Waals surface area contributed by atoms with Gasteiger partial charge in [0, 0.05) is 12.3 Å². The molecule has 1 aromatic heterocycles. The van der Waals surface area contributed by atoms with Gasteiger partial charge in [-0.05, 0) is 19.1 Å². The van der Waals surface area contributed by atoms with Gasteiger partial charge >= 0.3 is 0 Å². The summed E-state index contributed by atoms with van der Waals surface area (Å²) in [6.45, 7) is 1.60. The van der Waals surface area contributed by atoms with E-state index in [1.54, 1.807) is 6.92 Å². The van der Waals surface area contributed by atoms with Crippen LogP contribution in [-0.4, -0.2) is 30.0 Å².